The first kappa shape index (κ1) is 21.9. The summed E-state index contributed by atoms with van der Waals surface area (Å²) < 4.78 is 23.7. The third kappa shape index (κ3) is 7.29. The normalized spacial score (nSPS) is 12.0. The Labute approximate surface area is 165 Å². The van der Waals surface area contributed by atoms with E-state index in [-0.39, 0.29) is 18.4 Å². The molecule has 1 N–H and O–H groups in total. The monoisotopic (exact) mass is 389 g/mol. The van der Waals surface area contributed by atoms with Crippen LogP contribution in [-0.4, -0.2) is 42.3 Å². The lowest BCUT2D eigenvalue weighted by atomic mass is 10.1. The molecule has 6 heteroatoms. The standard InChI is InChI=1S/C22H28FNO4/c1-3-6-22(26)28-16-20(25)15-24(13-17-9-11-19(23)12-10-17)14-18-7-4-5-8-21(18)27-2/h4-5,7-12,20,25H,3,6,13-16H2,1-2H3/t20-/m0/s1. The zero-order valence-corrected chi connectivity index (χ0v) is 16.4. The van der Waals surface area contributed by atoms with Crippen LogP contribution in [0.4, 0.5) is 4.39 Å². The van der Waals surface area contributed by atoms with Crippen molar-refractivity contribution < 1.29 is 23.8 Å². The highest BCUT2D eigenvalue weighted by Gasteiger charge is 2.16. The maximum atomic E-state index is 13.2. The van der Waals surface area contributed by atoms with Crippen molar-refractivity contribution in [3.05, 3.63) is 65.5 Å². The molecule has 0 aromatic heterocycles. The summed E-state index contributed by atoms with van der Waals surface area (Å²) in [6.45, 7) is 3.19. The Morgan fingerprint density at radius 1 is 1.14 bits per heavy atom. The highest BCUT2D eigenvalue weighted by Crippen LogP contribution is 2.20. The van der Waals surface area contributed by atoms with E-state index < -0.39 is 6.10 Å². The summed E-state index contributed by atoms with van der Waals surface area (Å²) in [6.07, 6.45) is 0.225. The van der Waals surface area contributed by atoms with Gasteiger partial charge in [-0.3, -0.25) is 9.69 Å². The van der Waals surface area contributed by atoms with Gasteiger partial charge in [0.2, 0.25) is 0 Å². The number of carbonyl (C=O) groups is 1. The molecule has 0 aliphatic carbocycles. The number of aliphatic hydroxyl groups excluding tert-OH is 1. The van der Waals surface area contributed by atoms with Crippen LogP contribution < -0.4 is 4.74 Å². The van der Waals surface area contributed by atoms with E-state index in [1.807, 2.05) is 36.1 Å². The minimum Gasteiger partial charge on any atom is -0.496 e. The van der Waals surface area contributed by atoms with Gasteiger partial charge in [0.25, 0.3) is 0 Å². The molecule has 0 heterocycles. The molecule has 2 aromatic rings. The van der Waals surface area contributed by atoms with Gasteiger partial charge in [-0.05, 0) is 30.2 Å². The van der Waals surface area contributed by atoms with Crippen molar-refractivity contribution in [2.45, 2.75) is 39.0 Å². The maximum absolute atomic E-state index is 13.2. The molecule has 28 heavy (non-hydrogen) atoms. The number of ether oxygens (including phenoxy) is 2. The van der Waals surface area contributed by atoms with Crippen molar-refractivity contribution in [2.75, 3.05) is 20.3 Å². The topological polar surface area (TPSA) is 59.0 Å². The Kier molecular flexibility index (Phi) is 8.91. The lowest BCUT2D eigenvalue weighted by Gasteiger charge is -2.26. The lowest BCUT2D eigenvalue weighted by Crippen LogP contribution is -2.35. The van der Waals surface area contributed by atoms with E-state index in [2.05, 4.69) is 0 Å². The molecular weight excluding hydrogens is 361 g/mol. The number of esters is 1. The van der Waals surface area contributed by atoms with Crippen LogP contribution >= 0.6 is 0 Å². The van der Waals surface area contributed by atoms with Crippen LogP contribution in [0.15, 0.2) is 48.5 Å². The van der Waals surface area contributed by atoms with E-state index in [0.29, 0.717) is 32.5 Å². The highest BCUT2D eigenvalue weighted by atomic mass is 19.1. The van der Waals surface area contributed by atoms with Gasteiger partial charge in [0.05, 0.1) is 7.11 Å². The molecule has 5 nitrogen and oxygen atoms in total. The number of nitrogens with zero attached hydrogens (tertiary/aromatic N) is 1. The average molecular weight is 389 g/mol. The summed E-state index contributed by atoms with van der Waals surface area (Å²) in [6, 6.07) is 13.9. The highest BCUT2D eigenvalue weighted by molar-refractivity contribution is 5.69. The van der Waals surface area contributed by atoms with Crippen LogP contribution in [-0.2, 0) is 22.6 Å². The fourth-order valence-electron chi connectivity index (χ4n) is 2.92. The van der Waals surface area contributed by atoms with E-state index in [0.717, 1.165) is 16.9 Å². The molecule has 2 aromatic carbocycles. The Morgan fingerprint density at radius 3 is 2.54 bits per heavy atom. The van der Waals surface area contributed by atoms with Gasteiger partial charge in [0.15, 0.2) is 0 Å². The van der Waals surface area contributed by atoms with E-state index in [1.54, 1.807) is 19.2 Å². The number of aliphatic hydroxyl groups is 1. The van der Waals surface area contributed by atoms with Gasteiger partial charge in [-0.15, -0.1) is 0 Å². The van der Waals surface area contributed by atoms with Gasteiger partial charge < -0.3 is 14.6 Å². The first-order valence-corrected chi connectivity index (χ1v) is 9.44. The molecule has 0 aliphatic heterocycles. The zero-order valence-electron chi connectivity index (χ0n) is 16.4. The van der Waals surface area contributed by atoms with E-state index in [4.69, 9.17) is 9.47 Å². The SMILES string of the molecule is CCCC(=O)OC[C@@H](O)CN(Cc1ccc(F)cc1)Cc1ccccc1OC. The van der Waals surface area contributed by atoms with E-state index >= 15 is 0 Å². The predicted molar refractivity (Wildman–Crippen MR) is 105 cm³/mol. The zero-order chi connectivity index (χ0) is 20.4. The molecule has 0 bridgehead atoms. The molecule has 2 rings (SSSR count). The summed E-state index contributed by atoms with van der Waals surface area (Å²) in [7, 11) is 1.62. The maximum Gasteiger partial charge on any atom is 0.305 e. The summed E-state index contributed by atoms with van der Waals surface area (Å²) >= 11 is 0. The van der Waals surface area contributed by atoms with Gasteiger partial charge in [0.1, 0.15) is 24.3 Å². The minimum atomic E-state index is -0.823. The quantitative estimate of drug-likeness (QED) is 0.596. The molecule has 1 atom stereocenters. The number of hydrogen-bond donors (Lipinski definition) is 1. The number of rotatable bonds is 11. The lowest BCUT2D eigenvalue weighted by molar-refractivity contribution is -0.147. The molecule has 0 amide bonds. The molecule has 0 unspecified atom stereocenters. The Hall–Kier alpha value is -2.44. The third-order valence-corrected chi connectivity index (χ3v) is 4.27. The molecule has 0 radical (unpaired) electrons. The second-order valence-electron chi connectivity index (χ2n) is 6.69. The predicted octanol–water partition coefficient (Wildman–Crippen LogP) is 3.54. The minimum absolute atomic E-state index is 0.0509. The van der Waals surface area contributed by atoms with Crippen LogP contribution in [0.2, 0.25) is 0 Å². The van der Waals surface area contributed by atoms with Gasteiger partial charge >= 0.3 is 5.97 Å². The number of halogens is 1. The molecule has 0 saturated heterocycles. The molecule has 152 valence electrons. The van der Waals surface area contributed by atoms with Crippen molar-refractivity contribution in [2.24, 2.45) is 0 Å². The van der Waals surface area contributed by atoms with Crippen molar-refractivity contribution in [3.63, 3.8) is 0 Å². The number of para-hydroxylation sites is 1. The Morgan fingerprint density at radius 2 is 1.86 bits per heavy atom. The fourth-order valence-corrected chi connectivity index (χ4v) is 2.92. The average Bonchev–Trinajstić information content (AvgIpc) is 2.69. The molecule has 0 saturated carbocycles. The largest absolute Gasteiger partial charge is 0.496 e. The van der Waals surface area contributed by atoms with Crippen molar-refractivity contribution in [1.82, 2.24) is 4.90 Å². The molecule has 0 spiro atoms. The number of methoxy groups -OCH3 is 1. The van der Waals surface area contributed by atoms with Crippen molar-refractivity contribution in [3.8, 4) is 5.75 Å². The van der Waals surface area contributed by atoms with Crippen LogP contribution in [0.5, 0.6) is 5.75 Å². The van der Waals surface area contributed by atoms with Crippen LogP contribution in [0, 0.1) is 5.82 Å². The molecule has 0 fully saturated rings. The van der Waals surface area contributed by atoms with Gasteiger partial charge in [-0.1, -0.05) is 37.3 Å². The first-order chi connectivity index (χ1) is 13.5. The van der Waals surface area contributed by atoms with Crippen LogP contribution in [0.1, 0.15) is 30.9 Å². The molecular formula is C22H28FNO4. The molecule has 0 aliphatic rings. The number of carbonyl (C=O) groups excluding carboxylic acids is 1. The third-order valence-electron chi connectivity index (χ3n) is 4.27. The second kappa shape index (κ2) is 11.4. The number of benzene rings is 2. The van der Waals surface area contributed by atoms with E-state index in [1.165, 1.54) is 12.1 Å². The Balaban J connectivity index is 2.06. The van der Waals surface area contributed by atoms with Gasteiger partial charge in [0, 0.05) is 31.6 Å². The first-order valence-electron chi connectivity index (χ1n) is 9.44. The van der Waals surface area contributed by atoms with Gasteiger partial charge in [-0.25, -0.2) is 4.39 Å². The summed E-state index contributed by atoms with van der Waals surface area (Å²) in [5.41, 5.74) is 1.90. The van der Waals surface area contributed by atoms with Crippen LogP contribution in [0.3, 0.4) is 0 Å². The van der Waals surface area contributed by atoms with Crippen molar-refractivity contribution >= 4 is 5.97 Å². The fraction of sp³-hybridized carbons (Fsp3) is 0.409. The summed E-state index contributed by atoms with van der Waals surface area (Å²) in [4.78, 5) is 13.5. The smallest absolute Gasteiger partial charge is 0.305 e. The van der Waals surface area contributed by atoms with Crippen molar-refractivity contribution in [1.29, 1.82) is 0 Å². The van der Waals surface area contributed by atoms with Gasteiger partial charge in [-0.2, -0.15) is 0 Å². The second-order valence-corrected chi connectivity index (χ2v) is 6.69. The summed E-state index contributed by atoms with van der Waals surface area (Å²) in [5, 5.41) is 10.4. The number of hydrogen-bond acceptors (Lipinski definition) is 5. The van der Waals surface area contributed by atoms with Crippen LogP contribution in [0.25, 0.3) is 0 Å². The van der Waals surface area contributed by atoms with E-state index in [9.17, 15) is 14.3 Å². The Bertz CT molecular complexity index is 736. The summed E-state index contributed by atoms with van der Waals surface area (Å²) in [5.74, 6) is 0.162.